The first-order valence-corrected chi connectivity index (χ1v) is 6.12. The zero-order valence-electron chi connectivity index (χ0n) is 10.8. The smallest absolute Gasteiger partial charge is 0.0705 e. The van der Waals surface area contributed by atoms with Crippen molar-refractivity contribution in [2.45, 2.75) is 25.9 Å². The summed E-state index contributed by atoms with van der Waals surface area (Å²) < 4.78 is 0. The van der Waals surface area contributed by atoms with Crippen molar-refractivity contribution >= 4 is 10.9 Å². The fourth-order valence-corrected chi connectivity index (χ4v) is 2.01. The number of rotatable bonds is 4. The number of benzene rings is 1. The lowest BCUT2D eigenvalue weighted by molar-refractivity contribution is 0.253. The molecule has 0 saturated heterocycles. The highest BCUT2D eigenvalue weighted by Gasteiger charge is 2.10. The molecule has 3 nitrogen and oxygen atoms in total. The highest BCUT2D eigenvalue weighted by molar-refractivity contribution is 5.81. The van der Waals surface area contributed by atoms with Gasteiger partial charge in [-0.15, -0.1) is 0 Å². The fraction of sp³-hybridized carbons (Fsp3) is 0.333. The van der Waals surface area contributed by atoms with Crippen molar-refractivity contribution < 1.29 is 0 Å². The molecule has 1 aromatic carbocycles. The van der Waals surface area contributed by atoms with Crippen LogP contribution in [0.1, 0.15) is 18.9 Å². The van der Waals surface area contributed by atoms with Crippen molar-refractivity contribution in [3.05, 3.63) is 42.1 Å². The van der Waals surface area contributed by atoms with Crippen LogP contribution in [0, 0.1) is 11.3 Å². The van der Waals surface area contributed by atoms with E-state index in [0.29, 0.717) is 6.42 Å². The maximum Gasteiger partial charge on any atom is 0.0705 e. The molecule has 0 bridgehead atoms. The van der Waals surface area contributed by atoms with Crippen LogP contribution in [0.2, 0.25) is 0 Å². The Hall–Kier alpha value is -1.92. The third-order valence-electron chi connectivity index (χ3n) is 3.30. The van der Waals surface area contributed by atoms with Crippen LogP contribution in [-0.2, 0) is 6.54 Å². The van der Waals surface area contributed by atoms with Gasteiger partial charge in [-0.3, -0.25) is 9.88 Å². The van der Waals surface area contributed by atoms with E-state index in [1.807, 2.05) is 24.4 Å². The summed E-state index contributed by atoms with van der Waals surface area (Å²) in [5.74, 6) is 0. The van der Waals surface area contributed by atoms with E-state index < -0.39 is 0 Å². The van der Waals surface area contributed by atoms with Crippen molar-refractivity contribution in [3.8, 4) is 6.07 Å². The Morgan fingerprint density at radius 1 is 1.33 bits per heavy atom. The molecule has 0 amide bonds. The van der Waals surface area contributed by atoms with Gasteiger partial charge in [-0.1, -0.05) is 18.2 Å². The molecular formula is C15H17N3. The van der Waals surface area contributed by atoms with Crippen molar-refractivity contribution in [2.24, 2.45) is 0 Å². The molecule has 2 rings (SSSR count). The van der Waals surface area contributed by atoms with Gasteiger partial charge in [0.05, 0.1) is 18.0 Å². The molecule has 18 heavy (non-hydrogen) atoms. The maximum atomic E-state index is 8.74. The molecular weight excluding hydrogens is 222 g/mol. The second-order valence-corrected chi connectivity index (χ2v) is 4.61. The first-order valence-electron chi connectivity index (χ1n) is 6.12. The molecule has 0 aliphatic carbocycles. The number of para-hydroxylation sites is 1. The SMILES string of the molecule is CC(CC#N)N(C)Cc1ccnc2ccccc12. The molecule has 0 aliphatic heterocycles. The number of pyridine rings is 1. The zero-order valence-corrected chi connectivity index (χ0v) is 10.8. The second-order valence-electron chi connectivity index (χ2n) is 4.61. The summed E-state index contributed by atoms with van der Waals surface area (Å²) in [5.41, 5.74) is 2.28. The molecule has 1 heterocycles. The molecule has 1 aromatic heterocycles. The number of fused-ring (bicyclic) bond motifs is 1. The van der Waals surface area contributed by atoms with E-state index in [1.165, 1.54) is 10.9 Å². The number of aromatic nitrogens is 1. The van der Waals surface area contributed by atoms with Crippen molar-refractivity contribution in [1.82, 2.24) is 9.88 Å². The van der Waals surface area contributed by atoms with Crippen LogP contribution < -0.4 is 0 Å². The standard InChI is InChI=1S/C15H17N3/c1-12(7-9-16)18(2)11-13-8-10-17-15-6-4-3-5-14(13)15/h3-6,8,10,12H,7,11H2,1-2H3. The minimum absolute atomic E-state index is 0.266. The van der Waals surface area contributed by atoms with Crippen molar-refractivity contribution in [1.29, 1.82) is 5.26 Å². The Kier molecular flexibility index (Phi) is 3.91. The number of nitrogens with zero attached hydrogens (tertiary/aromatic N) is 3. The van der Waals surface area contributed by atoms with Gasteiger partial charge in [-0.25, -0.2) is 0 Å². The highest BCUT2D eigenvalue weighted by Crippen LogP contribution is 2.18. The first-order chi connectivity index (χ1) is 8.72. The monoisotopic (exact) mass is 239 g/mol. The van der Waals surface area contributed by atoms with Crippen LogP contribution in [-0.4, -0.2) is 23.0 Å². The van der Waals surface area contributed by atoms with E-state index in [4.69, 9.17) is 5.26 Å². The Labute approximate surface area is 108 Å². The van der Waals surface area contributed by atoms with Crippen LogP contribution in [0.3, 0.4) is 0 Å². The van der Waals surface area contributed by atoms with Crippen LogP contribution in [0.4, 0.5) is 0 Å². The molecule has 92 valence electrons. The van der Waals surface area contributed by atoms with E-state index in [0.717, 1.165) is 12.1 Å². The molecule has 3 heteroatoms. The first kappa shape index (κ1) is 12.5. The van der Waals surface area contributed by atoms with Crippen LogP contribution >= 0.6 is 0 Å². The van der Waals surface area contributed by atoms with Gasteiger partial charge in [-0.05, 0) is 31.7 Å². The van der Waals surface area contributed by atoms with Gasteiger partial charge in [0.1, 0.15) is 0 Å². The summed E-state index contributed by atoms with van der Waals surface area (Å²) >= 11 is 0. The molecule has 0 spiro atoms. The number of hydrogen-bond donors (Lipinski definition) is 0. The van der Waals surface area contributed by atoms with Crippen LogP contribution in [0.15, 0.2) is 36.5 Å². The third-order valence-corrected chi connectivity index (χ3v) is 3.30. The third kappa shape index (κ3) is 2.66. The Bertz CT molecular complexity index is 566. The summed E-state index contributed by atoms with van der Waals surface area (Å²) in [6, 6.07) is 12.7. The largest absolute Gasteiger partial charge is 0.298 e. The molecule has 2 aromatic rings. The van der Waals surface area contributed by atoms with E-state index in [-0.39, 0.29) is 6.04 Å². The lowest BCUT2D eigenvalue weighted by Gasteiger charge is -2.23. The second kappa shape index (κ2) is 5.61. The van der Waals surface area contributed by atoms with Crippen molar-refractivity contribution in [3.63, 3.8) is 0 Å². The van der Waals surface area contributed by atoms with Gasteiger partial charge in [-0.2, -0.15) is 5.26 Å². The predicted molar refractivity (Wildman–Crippen MR) is 72.9 cm³/mol. The lowest BCUT2D eigenvalue weighted by atomic mass is 10.1. The van der Waals surface area contributed by atoms with Crippen LogP contribution in [0.25, 0.3) is 10.9 Å². The summed E-state index contributed by atoms with van der Waals surface area (Å²) in [6.45, 7) is 2.92. The summed E-state index contributed by atoms with van der Waals surface area (Å²) in [4.78, 5) is 6.56. The minimum Gasteiger partial charge on any atom is -0.298 e. The maximum absolute atomic E-state index is 8.74. The van der Waals surface area contributed by atoms with E-state index in [9.17, 15) is 0 Å². The van der Waals surface area contributed by atoms with Gasteiger partial charge in [0, 0.05) is 24.2 Å². The zero-order chi connectivity index (χ0) is 13.0. The van der Waals surface area contributed by atoms with Crippen molar-refractivity contribution in [2.75, 3.05) is 7.05 Å². The molecule has 0 aliphatic rings. The quantitative estimate of drug-likeness (QED) is 0.823. The Balaban J connectivity index is 2.24. The number of hydrogen-bond acceptors (Lipinski definition) is 3. The predicted octanol–water partition coefficient (Wildman–Crippen LogP) is 2.97. The molecule has 0 N–H and O–H groups in total. The summed E-state index contributed by atoms with van der Waals surface area (Å²) in [5, 5.41) is 9.93. The normalized spacial score (nSPS) is 12.6. The lowest BCUT2D eigenvalue weighted by Crippen LogP contribution is -2.28. The van der Waals surface area contributed by atoms with Gasteiger partial charge in [0.25, 0.3) is 0 Å². The summed E-state index contributed by atoms with van der Waals surface area (Å²) in [6.07, 6.45) is 2.40. The molecule has 1 atom stereocenters. The summed E-state index contributed by atoms with van der Waals surface area (Å²) in [7, 11) is 2.05. The van der Waals surface area contributed by atoms with E-state index >= 15 is 0 Å². The van der Waals surface area contributed by atoms with Gasteiger partial charge < -0.3 is 0 Å². The fourth-order valence-electron chi connectivity index (χ4n) is 2.01. The molecule has 0 fully saturated rings. The topological polar surface area (TPSA) is 39.9 Å². The highest BCUT2D eigenvalue weighted by atomic mass is 15.1. The molecule has 0 radical (unpaired) electrons. The molecule has 0 saturated carbocycles. The average Bonchev–Trinajstić information content (AvgIpc) is 2.39. The van der Waals surface area contributed by atoms with E-state index in [1.54, 1.807) is 0 Å². The van der Waals surface area contributed by atoms with Gasteiger partial charge in [0.2, 0.25) is 0 Å². The number of nitriles is 1. The minimum atomic E-state index is 0.266. The Morgan fingerprint density at radius 2 is 2.11 bits per heavy atom. The van der Waals surface area contributed by atoms with Crippen LogP contribution in [0.5, 0.6) is 0 Å². The van der Waals surface area contributed by atoms with E-state index in [2.05, 4.69) is 42.1 Å². The van der Waals surface area contributed by atoms with Gasteiger partial charge >= 0.3 is 0 Å². The molecule has 1 unspecified atom stereocenters. The Morgan fingerprint density at radius 3 is 2.89 bits per heavy atom. The average molecular weight is 239 g/mol. The van der Waals surface area contributed by atoms with Gasteiger partial charge in [0.15, 0.2) is 0 Å².